The summed E-state index contributed by atoms with van der Waals surface area (Å²) < 4.78 is 0. The number of benzene rings is 2. The van der Waals surface area contributed by atoms with E-state index in [2.05, 4.69) is 10.2 Å². The Morgan fingerprint density at radius 1 is 0.958 bits per heavy atom. The second kappa shape index (κ2) is 5.43. The molecule has 2 N–H and O–H groups in total. The zero-order chi connectivity index (χ0) is 16.7. The number of carbonyl (C=O) groups is 1. The second-order valence-corrected chi connectivity index (χ2v) is 5.50. The number of ketones is 1. The molecule has 0 fully saturated rings. The topological polar surface area (TPSA) is 85.5 Å². The second-order valence-electron chi connectivity index (χ2n) is 5.50. The Bertz CT molecular complexity index is 916. The van der Waals surface area contributed by atoms with Crippen molar-refractivity contribution in [2.24, 2.45) is 10.2 Å². The van der Waals surface area contributed by atoms with Crippen LogP contribution in [-0.2, 0) is 0 Å². The van der Waals surface area contributed by atoms with Crippen molar-refractivity contribution in [3.05, 3.63) is 76.9 Å². The van der Waals surface area contributed by atoms with Gasteiger partial charge in [0.15, 0.2) is 5.78 Å². The molecule has 4 rings (SSSR count). The highest BCUT2D eigenvalue weighted by Gasteiger charge is 2.40. The number of hydrogen-bond acceptors (Lipinski definition) is 6. The quantitative estimate of drug-likeness (QED) is 0.891. The molecule has 0 radical (unpaired) electrons. The van der Waals surface area contributed by atoms with Crippen LogP contribution >= 0.6 is 0 Å². The Balaban J connectivity index is 1.86. The minimum absolute atomic E-state index is 0.0902. The molecule has 0 bridgehead atoms. The van der Waals surface area contributed by atoms with Crippen LogP contribution < -0.4 is 0 Å². The van der Waals surface area contributed by atoms with Gasteiger partial charge in [-0.3, -0.25) is 10.0 Å². The van der Waals surface area contributed by atoms with E-state index in [9.17, 15) is 15.1 Å². The SMILES string of the molecule is O=C1C(C2C(c3ccccc3)=NN=CN2O)=C(O)c2ccccc21. The van der Waals surface area contributed by atoms with Gasteiger partial charge >= 0.3 is 0 Å². The zero-order valence-corrected chi connectivity index (χ0v) is 12.5. The van der Waals surface area contributed by atoms with E-state index in [1.165, 1.54) is 0 Å². The van der Waals surface area contributed by atoms with E-state index in [1.807, 2.05) is 30.3 Å². The lowest BCUT2D eigenvalue weighted by Crippen LogP contribution is -2.43. The predicted molar refractivity (Wildman–Crippen MR) is 89.2 cm³/mol. The van der Waals surface area contributed by atoms with Crippen molar-refractivity contribution in [2.45, 2.75) is 6.04 Å². The minimum Gasteiger partial charge on any atom is -0.507 e. The lowest BCUT2D eigenvalue weighted by atomic mass is 9.93. The highest BCUT2D eigenvalue weighted by Crippen LogP contribution is 2.35. The highest BCUT2D eigenvalue weighted by atomic mass is 16.5. The fourth-order valence-electron chi connectivity index (χ4n) is 3.02. The molecule has 2 aromatic rings. The molecular formula is C18H13N3O3. The lowest BCUT2D eigenvalue weighted by molar-refractivity contribution is -0.0179. The highest BCUT2D eigenvalue weighted by molar-refractivity contribution is 6.25. The van der Waals surface area contributed by atoms with Crippen LogP contribution in [0.3, 0.4) is 0 Å². The maximum atomic E-state index is 12.8. The van der Waals surface area contributed by atoms with Crippen LogP contribution in [0.4, 0.5) is 0 Å². The van der Waals surface area contributed by atoms with E-state index >= 15 is 0 Å². The Morgan fingerprint density at radius 2 is 1.62 bits per heavy atom. The number of hydrogen-bond donors (Lipinski definition) is 2. The van der Waals surface area contributed by atoms with Crippen molar-refractivity contribution in [3.8, 4) is 0 Å². The van der Waals surface area contributed by atoms with Crippen LogP contribution in [0.2, 0.25) is 0 Å². The molecule has 2 aromatic carbocycles. The predicted octanol–water partition coefficient (Wildman–Crippen LogP) is 2.66. The van der Waals surface area contributed by atoms with Crippen molar-refractivity contribution in [3.63, 3.8) is 0 Å². The molecule has 24 heavy (non-hydrogen) atoms. The van der Waals surface area contributed by atoms with Crippen LogP contribution in [-0.4, -0.2) is 39.3 Å². The van der Waals surface area contributed by atoms with Crippen LogP contribution in [0, 0.1) is 0 Å². The van der Waals surface area contributed by atoms with Gasteiger partial charge < -0.3 is 5.11 Å². The Morgan fingerprint density at radius 3 is 2.33 bits per heavy atom. The number of fused-ring (bicyclic) bond motifs is 1. The molecule has 0 saturated carbocycles. The van der Waals surface area contributed by atoms with Crippen LogP contribution in [0.25, 0.3) is 5.76 Å². The molecule has 1 heterocycles. The van der Waals surface area contributed by atoms with Crippen LogP contribution in [0.5, 0.6) is 0 Å². The number of nitrogens with zero attached hydrogens (tertiary/aromatic N) is 3. The van der Waals surface area contributed by atoms with E-state index in [4.69, 9.17) is 0 Å². The summed E-state index contributed by atoms with van der Waals surface area (Å²) in [5, 5.41) is 29.5. The lowest BCUT2D eigenvalue weighted by Gasteiger charge is -2.27. The summed E-state index contributed by atoms with van der Waals surface area (Å²) in [7, 11) is 0. The third-order valence-electron chi connectivity index (χ3n) is 4.13. The van der Waals surface area contributed by atoms with Crippen molar-refractivity contribution < 1.29 is 15.1 Å². The number of rotatable bonds is 2. The average Bonchev–Trinajstić information content (AvgIpc) is 2.87. The summed E-state index contributed by atoms with van der Waals surface area (Å²) >= 11 is 0. The number of hydroxylamine groups is 2. The fourth-order valence-corrected chi connectivity index (χ4v) is 3.02. The first kappa shape index (κ1) is 14.3. The van der Waals surface area contributed by atoms with Gasteiger partial charge in [-0.2, -0.15) is 5.10 Å². The van der Waals surface area contributed by atoms with Gasteiger partial charge in [-0.05, 0) is 0 Å². The molecular weight excluding hydrogens is 306 g/mol. The molecule has 0 aromatic heterocycles. The van der Waals surface area contributed by atoms with Crippen LogP contribution in [0.1, 0.15) is 21.5 Å². The van der Waals surface area contributed by atoms with Gasteiger partial charge in [-0.15, -0.1) is 5.10 Å². The summed E-state index contributed by atoms with van der Waals surface area (Å²) in [5.41, 5.74) is 2.06. The molecule has 1 aliphatic carbocycles. The molecule has 0 spiro atoms. The average molecular weight is 319 g/mol. The number of aliphatic hydroxyl groups excluding tert-OH is 1. The molecule has 0 saturated heterocycles. The summed E-state index contributed by atoms with van der Waals surface area (Å²) in [4.78, 5) is 12.8. The van der Waals surface area contributed by atoms with E-state index in [-0.39, 0.29) is 17.1 Å². The number of carbonyl (C=O) groups excluding carboxylic acids is 1. The van der Waals surface area contributed by atoms with Gasteiger partial charge in [0.1, 0.15) is 23.9 Å². The van der Waals surface area contributed by atoms with E-state index in [0.29, 0.717) is 22.4 Å². The first-order valence-corrected chi connectivity index (χ1v) is 7.39. The molecule has 1 aliphatic heterocycles. The van der Waals surface area contributed by atoms with Gasteiger partial charge in [-0.25, -0.2) is 5.06 Å². The third-order valence-corrected chi connectivity index (χ3v) is 4.13. The molecule has 6 heteroatoms. The molecule has 1 atom stereocenters. The van der Waals surface area contributed by atoms with Crippen molar-refractivity contribution >= 4 is 23.6 Å². The van der Waals surface area contributed by atoms with Crippen LogP contribution in [0.15, 0.2) is 70.4 Å². The molecule has 6 nitrogen and oxygen atoms in total. The number of aliphatic hydroxyl groups is 1. The summed E-state index contributed by atoms with van der Waals surface area (Å²) in [6.45, 7) is 0. The maximum Gasteiger partial charge on any atom is 0.196 e. The van der Waals surface area contributed by atoms with Crippen molar-refractivity contribution in [1.82, 2.24) is 5.06 Å². The van der Waals surface area contributed by atoms with Gasteiger partial charge in [0, 0.05) is 16.7 Å². The zero-order valence-electron chi connectivity index (χ0n) is 12.5. The van der Waals surface area contributed by atoms with Crippen molar-refractivity contribution in [1.29, 1.82) is 0 Å². The normalized spacial score (nSPS) is 19.5. The molecule has 1 unspecified atom stereocenters. The standard InChI is InChI=1S/C18H13N3O3/c22-17-12-8-4-5-9-13(12)18(23)14(17)16-15(20-19-10-21(16)24)11-6-2-1-3-7-11/h1-10,16,22,24H. The Kier molecular flexibility index (Phi) is 3.25. The molecule has 118 valence electrons. The van der Waals surface area contributed by atoms with Gasteiger partial charge in [0.2, 0.25) is 0 Å². The summed E-state index contributed by atoms with van der Waals surface area (Å²) in [5.74, 6) is -0.468. The summed E-state index contributed by atoms with van der Waals surface area (Å²) in [6.07, 6.45) is 1.12. The van der Waals surface area contributed by atoms with E-state index < -0.39 is 6.04 Å². The maximum absolute atomic E-state index is 12.8. The monoisotopic (exact) mass is 319 g/mol. The first-order valence-electron chi connectivity index (χ1n) is 7.39. The van der Waals surface area contributed by atoms with Gasteiger partial charge in [0.05, 0.1) is 5.57 Å². The molecule has 0 amide bonds. The van der Waals surface area contributed by atoms with Gasteiger partial charge in [0.25, 0.3) is 0 Å². The fraction of sp³-hybridized carbons (Fsp3) is 0.0556. The summed E-state index contributed by atoms with van der Waals surface area (Å²) in [6, 6.07) is 15.0. The first-order chi connectivity index (χ1) is 11.7. The number of Topliss-reactive ketones (excluding diaryl/α,β-unsaturated/α-hetero) is 1. The smallest absolute Gasteiger partial charge is 0.196 e. The van der Waals surface area contributed by atoms with E-state index in [0.717, 1.165) is 11.4 Å². The van der Waals surface area contributed by atoms with Gasteiger partial charge in [-0.1, -0.05) is 54.6 Å². The minimum atomic E-state index is -0.926. The third kappa shape index (κ3) is 2.04. The van der Waals surface area contributed by atoms with Crippen molar-refractivity contribution in [2.75, 3.05) is 0 Å². The molecule has 2 aliphatic rings. The Labute approximate surface area is 137 Å². The largest absolute Gasteiger partial charge is 0.507 e. The van der Waals surface area contributed by atoms with E-state index in [1.54, 1.807) is 24.3 Å². The Hall–Kier alpha value is -3.25.